The second-order valence-electron chi connectivity index (χ2n) is 10.7. The van der Waals surface area contributed by atoms with Crippen molar-refractivity contribution < 1.29 is 14.7 Å². The number of hydrogen-bond donors (Lipinski definition) is 2. The Hall–Kier alpha value is -1.79. The lowest BCUT2D eigenvalue weighted by Crippen LogP contribution is -2.50. The van der Waals surface area contributed by atoms with Gasteiger partial charge in [-0.1, -0.05) is 24.4 Å². The topological polar surface area (TPSA) is 72.9 Å². The lowest BCUT2D eigenvalue weighted by Gasteiger charge is -2.41. The van der Waals surface area contributed by atoms with Crippen LogP contribution in [0.15, 0.2) is 18.2 Å². The monoisotopic (exact) mass is 473 g/mol. The Morgan fingerprint density at radius 1 is 1.03 bits per heavy atom. The summed E-state index contributed by atoms with van der Waals surface area (Å²) in [5.41, 5.74) is 1.36. The van der Waals surface area contributed by atoms with Gasteiger partial charge >= 0.3 is 0 Å². The highest BCUT2D eigenvalue weighted by molar-refractivity contribution is 6.33. The van der Waals surface area contributed by atoms with Crippen molar-refractivity contribution in [2.24, 2.45) is 11.3 Å². The number of nitrogens with zero attached hydrogens (tertiary/aromatic N) is 2. The van der Waals surface area contributed by atoms with Crippen LogP contribution < -0.4 is 10.2 Å². The third-order valence-electron chi connectivity index (χ3n) is 8.51. The van der Waals surface area contributed by atoms with Gasteiger partial charge in [0, 0.05) is 37.3 Å². The maximum atomic E-state index is 13.6. The van der Waals surface area contributed by atoms with Crippen LogP contribution in [0, 0.1) is 11.3 Å². The van der Waals surface area contributed by atoms with E-state index in [1.807, 2.05) is 18.2 Å². The number of aliphatic hydroxyl groups excluding tert-OH is 1. The second kappa shape index (κ2) is 9.46. The minimum Gasteiger partial charge on any atom is -0.393 e. The van der Waals surface area contributed by atoms with Crippen LogP contribution >= 0.6 is 11.6 Å². The first-order chi connectivity index (χ1) is 15.9. The third-order valence-corrected chi connectivity index (χ3v) is 8.81. The number of benzene rings is 1. The second-order valence-corrected chi connectivity index (χ2v) is 11.1. The quantitative estimate of drug-likeness (QED) is 0.670. The molecule has 2 saturated carbocycles. The zero-order valence-electron chi connectivity index (χ0n) is 19.4. The number of rotatable bonds is 4. The number of carbonyl (C=O) groups excluding carboxylic acids is 2. The lowest BCUT2D eigenvalue weighted by molar-refractivity contribution is -0.139. The van der Waals surface area contributed by atoms with Crippen LogP contribution in [0.2, 0.25) is 5.02 Å². The maximum Gasteiger partial charge on any atom is 0.230 e. The van der Waals surface area contributed by atoms with Crippen LogP contribution in [-0.4, -0.2) is 53.6 Å². The fraction of sp³-hybridized carbons (Fsp3) is 0.692. The first-order valence-electron chi connectivity index (χ1n) is 12.8. The van der Waals surface area contributed by atoms with E-state index < -0.39 is 0 Å². The third kappa shape index (κ3) is 4.61. The molecule has 2 aliphatic carbocycles. The van der Waals surface area contributed by atoms with E-state index in [-0.39, 0.29) is 29.4 Å². The first kappa shape index (κ1) is 23.0. The molecule has 1 aromatic carbocycles. The Balaban J connectivity index is 1.26. The summed E-state index contributed by atoms with van der Waals surface area (Å²) in [5, 5.41) is 13.5. The molecule has 180 valence electrons. The highest BCUT2D eigenvalue weighted by Gasteiger charge is 2.50. The molecule has 0 bridgehead atoms. The van der Waals surface area contributed by atoms with E-state index in [1.54, 1.807) is 0 Å². The van der Waals surface area contributed by atoms with Crippen molar-refractivity contribution in [3.63, 3.8) is 0 Å². The summed E-state index contributed by atoms with van der Waals surface area (Å²) in [4.78, 5) is 30.4. The molecule has 1 spiro atoms. The Morgan fingerprint density at radius 2 is 1.79 bits per heavy atom. The highest BCUT2D eigenvalue weighted by Crippen LogP contribution is 2.44. The fourth-order valence-electron chi connectivity index (χ4n) is 6.56. The van der Waals surface area contributed by atoms with Crippen LogP contribution in [0.5, 0.6) is 0 Å². The number of piperidine rings is 1. The van der Waals surface area contributed by atoms with E-state index in [4.69, 9.17) is 11.6 Å². The summed E-state index contributed by atoms with van der Waals surface area (Å²) >= 11 is 6.69. The molecule has 7 heteroatoms. The first-order valence-corrected chi connectivity index (χ1v) is 13.2. The summed E-state index contributed by atoms with van der Waals surface area (Å²) in [7, 11) is 0. The molecule has 0 radical (unpaired) electrons. The molecule has 1 unspecified atom stereocenters. The average Bonchev–Trinajstić information content (AvgIpc) is 3.45. The number of nitrogens with one attached hydrogen (secondary N) is 1. The molecule has 5 rings (SSSR count). The number of carbonyl (C=O) groups is 2. The maximum absolute atomic E-state index is 13.6. The van der Waals surface area contributed by atoms with Gasteiger partial charge < -0.3 is 20.2 Å². The van der Waals surface area contributed by atoms with Crippen molar-refractivity contribution in [2.45, 2.75) is 82.8 Å². The van der Waals surface area contributed by atoms with Gasteiger partial charge in [-0.05, 0) is 76.0 Å². The highest BCUT2D eigenvalue weighted by atomic mass is 35.5. The molecule has 4 fully saturated rings. The van der Waals surface area contributed by atoms with E-state index in [9.17, 15) is 14.7 Å². The van der Waals surface area contributed by atoms with Gasteiger partial charge in [0.2, 0.25) is 11.8 Å². The van der Waals surface area contributed by atoms with Crippen molar-refractivity contribution in [1.29, 1.82) is 0 Å². The Morgan fingerprint density at radius 3 is 2.52 bits per heavy atom. The van der Waals surface area contributed by atoms with Crippen LogP contribution in [0.4, 0.5) is 11.4 Å². The number of hydrogen-bond acceptors (Lipinski definition) is 4. The standard InChI is InChI=1S/C26H36ClN3O3/c27-22-16-19(28-24(32)18-4-1-2-5-18)6-11-23(22)29-14-3-12-26(17-29)13-15-30(25(26)33)20-7-9-21(31)10-8-20/h6,11,16,18,20-21,31H,1-5,7-10,12-15,17H2,(H,28,32). The normalized spacial score (nSPS) is 30.9. The van der Waals surface area contributed by atoms with Crippen LogP contribution in [0.3, 0.4) is 0 Å². The molecule has 1 atom stereocenters. The number of aliphatic hydroxyl groups is 1. The average molecular weight is 474 g/mol. The summed E-state index contributed by atoms with van der Waals surface area (Å²) in [6.07, 6.45) is 10.2. The molecule has 6 nitrogen and oxygen atoms in total. The molecule has 2 amide bonds. The van der Waals surface area contributed by atoms with E-state index in [1.165, 1.54) is 0 Å². The zero-order valence-corrected chi connectivity index (χ0v) is 20.2. The summed E-state index contributed by atoms with van der Waals surface area (Å²) in [6, 6.07) is 6.06. The van der Waals surface area contributed by atoms with Gasteiger partial charge in [0.25, 0.3) is 0 Å². The number of anilines is 2. The molecule has 33 heavy (non-hydrogen) atoms. The minimum absolute atomic E-state index is 0.0973. The number of amides is 2. The Kier molecular flexibility index (Phi) is 6.58. The molecule has 2 aliphatic heterocycles. The predicted octanol–water partition coefficient (Wildman–Crippen LogP) is 4.59. The molecule has 2 saturated heterocycles. The van der Waals surface area contributed by atoms with Crippen LogP contribution in [0.25, 0.3) is 0 Å². The van der Waals surface area contributed by atoms with Gasteiger partial charge in [-0.15, -0.1) is 0 Å². The molecule has 1 aromatic rings. The van der Waals surface area contributed by atoms with E-state index in [0.29, 0.717) is 17.5 Å². The summed E-state index contributed by atoms with van der Waals surface area (Å²) in [6.45, 7) is 2.41. The van der Waals surface area contributed by atoms with Gasteiger partial charge in [0.05, 0.1) is 22.2 Å². The van der Waals surface area contributed by atoms with Gasteiger partial charge in [0.1, 0.15) is 0 Å². The van der Waals surface area contributed by atoms with Gasteiger partial charge in [-0.25, -0.2) is 0 Å². The molecular weight excluding hydrogens is 438 g/mol. The van der Waals surface area contributed by atoms with Crippen LogP contribution in [0.1, 0.15) is 70.6 Å². The van der Waals surface area contributed by atoms with Crippen molar-refractivity contribution in [2.75, 3.05) is 29.9 Å². The SMILES string of the molecule is O=C(Nc1ccc(N2CCCC3(CCN(C4CCC(O)CC4)C3=O)C2)c(Cl)c1)C1CCCC1. The molecule has 2 heterocycles. The zero-order chi connectivity index (χ0) is 23.0. The molecule has 0 aromatic heterocycles. The van der Waals surface area contributed by atoms with Crippen molar-refractivity contribution in [3.05, 3.63) is 23.2 Å². The molecule has 4 aliphatic rings. The predicted molar refractivity (Wildman–Crippen MR) is 131 cm³/mol. The Bertz CT molecular complexity index is 895. The van der Waals surface area contributed by atoms with Crippen molar-refractivity contribution >= 4 is 34.8 Å². The molecule has 2 N–H and O–H groups in total. The summed E-state index contributed by atoms with van der Waals surface area (Å²) < 4.78 is 0. The van der Waals surface area contributed by atoms with Crippen molar-refractivity contribution in [1.82, 2.24) is 4.90 Å². The number of halogens is 1. The fourth-order valence-corrected chi connectivity index (χ4v) is 6.86. The van der Waals surface area contributed by atoms with E-state index >= 15 is 0 Å². The molecular formula is C26H36ClN3O3. The number of likely N-dealkylation sites (tertiary alicyclic amines) is 1. The van der Waals surface area contributed by atoms with Crippen LogP contribution in [-0.2, 0) is 9.59 Å². The van der Waals surface area contributed by atoms with E-state index in [0.717, 1.165) is 95.1 Å². The lowest BCUT2D eigenvalue weighted by atomic mass is 9.78. The minimum atomic E-state index is -0.326. The van der Waals surface area contributed by atoms with Gasteiger partial charge in [0.15, 0.2) is 0 Å². The van der Waals surface area contributed by atoms with E-state index in [2.05, 4.69) is 15.1 Å². The largest absolute Gasteiger partial charge is 0.393 e. The summed E-state index contributed by atoms with van der Waals surface area (Å²) in [5.74, 6) is 0.513. The smallest absolute Gasteiger partial charge is 0.230 e. The van der Waals surface area contributed by atoms with Gasteiger partial charge in [-0.3, -0.25) is 9.59 Å². The Labute approximate surface area is 201 Å². The van der Waals surface area contributed by atoms with Gasteiger partial charge in [-0.2, -0.15) is 0 Å². The van der Waals surface area contributed by atoms with Crippen molar-refractivity contribution in [3.8, 4) is 0 Å².